The molecule has 0 heterocycles. The fourth-order valence-corrected chi connectivity index (χ4v) is 1.39. The van der Waals surface area contributed by atoms with Gasteiger partial charge in [-0.25, -0.2) is 17.6 Å². The quantitative estimate of drug-likeness (QED) is 0.699. The van der Waals surface area contributed by atoms with E-state index in [0.717, 1.165) is 0 Å². The van der Waals surface area contributed by atoms with E-state index in [-0.39, 0.29) is 6.42 Å². The average molecular weight is 231 g/mol. The Morgan fingerprint density at radius 2 is 1.60 bits per heavy atom. The SMILES string of the molecule is NC1(CCC(CF)(C(F)F)C(F)F)CC1. The van der Waals surface area contributed by atoms with Gasteiger partial charge in [0, 0.05) is 5.54 Å². The van der Waals surface area contributed by atoms with E-state index >= 15 is 0 Å². The molecule has 0 unspecified atom stereocenters. The third-order valence-corrected chi connectivity index (χ3v) is 3.10. The summed E-state index contributed by atoms with van der Waals surface area (Å²) in [5.41, 5.74) is 2.17. The zero-order valence-corrected chi connectivity index (χ0v) is 8.16. The molecule has 0 aromatic rings. The predicted octanol–water partition coefficient (Wildman–Crippen LogP) is 2.74. The van der Waals surface area contributed by atoms with E-state index in [9.17, 15) is 22.0 Å². The third kappa shape index (κ3) is 2.59. The zero-order valence-electron chi connectivity index (χ0n) is 8.16. The molecule has 0 radical (unpaired) electrons. The smallest absolute Gasteiger partial charge is 0.252 e. The lowest BCUT2D eigenvalue weighted by molar-refractivity contribution is -0.126. The van der Waals surface area contributed by atoms with Crippen molar-refractivity contribution < 1.29 is 22.0 Å². The molecule has 2 N–H and O–H groups in total. The van der Waals surface area contributed by atoms with Crippen LogP contribution in [0.2, 0.25) is 0 Å². The Morgan fingerprint density at radius 1 is 1.13 bits per heavy atom. The second kappa shape index (κ2) is 4.23. The summed E-state index contributed by atoms with van der Waals surface area (Å²) in [5.74, 6) is 0. The van der Waals surface area contributed by atoms with Crippen molar-refractivity contribution in [3.8, 4) is 0 Å². The average Bonchev–Trinajstić information content (AvgIpc) is 2.85. The van der Waals surface area contributed by atoms with Crippen LogP contribution in [0.25, 0.3) is 0 Å². The third-order valence-electron chi connectivity index (χ3n) is 3.10. The molecule has 0 aliphatic heterocycles. The molecule has 0 bridgehead atoms. The van der Waals surface area contributed by atoms with Gasteiger partial charge in [0.25, 0.3) is 12.9 Å². The molecule has 0 atom stereocenters. The van der Waals surface area contributed by atoms with Crippen molar-refractivity contribution >= 4 is 0 Å². The molecule has 0 aromatic heterocycles. The monoisotopic (exact) mass is 231 g/mol. The van der Waals surface area contributed by atoms with Gasteiger partial charge < -0.3 is 5.73 Å². The molecule has 0 saturated heterocycles. The number of hydrogen-bond acceptors (Lipinski definition) is 1. The van der Waals surface area contributed by atoms with E-state index in [1.165, 1.54) is 0 Å². The van der Waals surface area contributed by atoms with Crippen molar-refractivity contribution in [3.63, 3.8) is 0 Å². The van der Waals surface area contributed by atoms with Gasteiger partial charge in [-0.3, -0.25) is 4.39 Å². The lowest BCUT2D eigenvalue weighted by Gasteiger charge is -2.30. The van der Waals surface area contributed by atoms with Gasteiger partial charge in [-0.05, 0) is 25.7 Å². The highest BCUT2D eigenvalue weighted by atomic mass is 19.3. The first-order valence-electron chi connectivity index (χ1n) is 4.77. The van der Waals surface area contributed by atoms with E-state index in [4.69, 9.17) is 5.73 Å². The van der Waals surface area contributed by atoms with Gasteiger partial charge in [-0.15, -0.1) is 0 Å². The Morgan fingerprint density at radius 3 is 1.87 bits per heavy atom. The largest absolute Gasteiger partial charge is 0.325 e. The van der Waals surface area contributed by atoms with Crippen molar-refractivity contribution in [3.05, 3.63) is 0 Å². The van der Waals surface area contributed by atoms with Crippen LogP contribution in [0.4, 0.5) is 22.0 Å². The van der Waals surface area contributed by atoms with Crippen molar-refractivity contribution in [2.75, 3.05) is 6.67 Å². The maximum atomic E-state index is 12.4. The van der Waals surface area contributed by atoms with Crippen LogP contribution in [0, 0.1) is 5.41 Å². The van der Waals surface area contributed by atoms with Crippen LogP contribution in [0.3, 0.4) is 0 Å². The van der Waals surface area contributed by atoms with Crippen LogP contribution in [-0.4, -0.2) is 25.1 Å². The maximum absolute atomic E-state index is 12.4. The van der Waals surface area contributed by atoms with Gasteiger partial charge in [-0.2, -0.15) is 0 Å². The minimum absolute atomic E-state index is 0.0333. The van der Waals surface area contributed by atoms with Crippen molar-refractivity contribution in [1.82, 2.24) is 0 Å². The summed E-state index contributed by atoms with van der Waals surface area (Å²) in [6.45, 7) is -1.71. The first-order valence-corrected chi connectivity index (χ1v) is 4.77. The molecule has 1 aliphatic rings. The van der Waals surface area contributed by atoms with Gasteiger partial charge in [0.15, 0.2) is 0 Å². The lowest BCUT2D eigenvalue weighted by atomic mass is 9.83. The summed E-state index contributed by atoms with van der Waals surface area (Å²) in [5, 5.41) is 0. The van der Waals surface area contributed by atoms with Gasteiger partial charge in [-0.1, -0.05) is 0 Å². The summed E-state index contributed by atoms with van der Waals surface area (Å²) >= 11 is 0. The standard InChI is InChI=1S/C9H14F5N/c10-5-9(6(11)12,7(13)14)4-3-8(15)1-2-8/h6-7H,1-5,15H2. The van der Waals surface area contributed by atoms with E-state index in [0.29, 0.717) is 12.8 Å². The van der Waals surface area contributed by atoms with Gasteiger partial charge in [0.1, 0.15) is 12.1 Å². The molecule has 0 aromatic carbocycles. The van der Waals surface area contributed by atoms with Crippen LogP contribution in [-0.2, 0) is 0 Å². The predicted molar refractivity (Wildman–Crippen MR) is 45.8 cm³/mol. The fourth-order valence-electron chi connectivity index (χ4n) is 1.39. The second-order valence-electron chi connectivity index (χ2n) is 4.33. The summed E-state index contributed by atoms with van der Waals surface area (Å²) in [6, 6.07) is 0. The normalized spacial score (nSPS) is 20.0. The fraction of sp³-hybridized carbons (Fsp3) is 1.00. The molecule has 1 aliphatic carbocycles. The van der Waals surface area contributed by atoms with Crippen LogP contribution in [0.1, 0.15) is 25.7 Å². The van der Waals surface area contributed by atoms with Crippen LogP contribution >= 0.6 is 0 Å². The van der Waals surface area contributed by atoms with Crippen LogP contribution in [0.15, 0.2) is 0 Å². The van der Waals surface area contributed by atoms with E-state index in [2.05, 4.69) is 0 Å². The highest BCUT2D eigenvalue weighted by Gasteiger charge is 2.51. The molecule has 90 valence electrons. The Labute approximate surface area is 84.8 Å². The zero-order chi connectivity index (χ0) is 11.7. The minimum atomic E-state index is -3.36. The van der Waals surface area contributed by atoms with Crippen LogP contribution in [0.5, 0.6) is 0 Å². The number of halogens is 5. The maximum Gasteiger partial charge on any atom is 0.252 e. The molecule has 6 heteroatoms. The van der Waals surface area contributed by atoms with Crippen molar-refractivity contribution in [1.29, 1.82) is 0 Å². The van der Waals surface area contributed by atoms with E-state index in [1.807, 2.05) is 0 Å². The summed E-state index contributed by atoms with van der Waals surface area (Å²) in [6.07, 6.45) is -5.96. The Hall–Kier alpha value is -0.390. The highest BCUT2D eigenvalue weighted by Crippen LogP contribution is 2.44. The van der Waals surface area contributed by atoms with Gasteiger partial charge >= 0.3 is 0 Å². The van der Waals surface area contributed by atoms with Crippen LogP contribution < -0.4 is 5.73 Å². The molecule has 1 nitrogen and oxygen atoms in total. The molecule has 0 amide bonds. The minimum Gasteiger partial charge on any atom is -0.325 e. The van der Waals surface area contributed by atoms with E-state index < -0.39 is 36.9 Å². The number of rotatable bonds is 6. The summed E-state index contributed by atoms with van der Waals surface area (Å²) < 4.78 is 62.2. The molecule has 1 fully saturated rings. The number of hydrogen-bond donors (Lipinski definition) is 1. The summed E-state index contributed by atoms with van der Waals surface area (Å²) in [4.78, 5) is 0. The summed E-state index contributed by atoms with van der Waals surface area (Å²) in [7, 11) is 0. The lowest BCUT2D eigenvalue weighted by Crippen LogP contribution is -2.41. The first kappa shape index (κ1) is 12.7. The molecular weight excluding hydrogens is 217 g/mol. The molecule has 15 heavy (non-hydrogen) atoms. The number of nitrogens with two attached hydrogens (primary N) is 1. The first-order chi connectivity index (χ1) is 6.86. The number of alkyl halides is 5. The Bertz CT molecular complexity index is 207. The van der Waals surface area contributed by atoms with E-state index in [1.54, 1.807) is 0 Å². The van der Waals surface area contributed by atoms with Gasteiger partial charge in [0.2, 0.25) is 0 Å². The highest BCUT2D eigenvalue weighted by molar-refractivity contribution is 5.00. The van der Waals surface area contributed by atoms with Crippen molar-refractivity contribution in [2.45, 2.75) is 44.1 Å². The topological polar surface area (TPSA) is 26.0 Å². The molecule has 0 spiro atoms. The second-order valence-corrected chi connectivity index (χ2v) is 4.33. The molecule has 1 saturated carbocycles. The molecular formula is C9H14F5N. The van der Waals surface area contributed by atoms with Crippen molar-refractivity contribution in [2.24, 2.45) is 11.1 Å². The Balaban J connectivity index is 2.62. The molecule has 1 rings (SSSR count). The Kier molecular flexibility index (Phi) is 3.58. The van der Waals surface area contributed by atoms with Gasteiger partial charge in [0.05, 0.1) is 0 Å².